The molecule has 0 aromatic heterocycles. The number of likely N-dealkylation sites (N-methyl/N-ethyl adjacent to an activating group) is 1. The SMILES string of the molecule is COC(=O)[C@@H]1Cc2ccc(OC(=O)OC(C)(C)C)c(c2)-c2cc(cc(C#CCNC(=O)OC(C)(C)C)c2OCCNC(=O)OC(C)(C)C)[C@H](N(C)C(=O)[C@H](CCCCNC(=O)OC(C)(C)C)CC(=O)c2ccc(-c3ccc(Cl)cc3)cc2)C(=O)C[C@@H](C)C(=O)N1. The van der Waals surface area contributed by atoms with Gasteiger partial charge in [0, 0.05) is 66.4 Å². The summed E-state index contributed by atoms with van der Waals surface area (Å²) in [7, 11) is 2.57. The minimum atomic E-state index is -1.57. The van der Waals surface area contributed by atoms with Crippen molar-refractivity contribution in [1.82, 2.24) is 26.2 Å². The lowest BCUT2D eigenvalue weighted by molar-refractivity contribution is -0.146. The maximum Gasteiger partial charge on any atom is 0.514 e. The monoisotopic (exact) mass is 1260 g/mol. The van der Waals surface area contributed by atoms with Gasteiger partial charge in [0.15, 0.2) is 11.6 Å². The van der Waals surface area contributed by atoms with E-state index >= 15 is 9.59 Å². The highest BCUT2D eigenvalue weighted by molar-refractivity contribution is 6.30. The van der Waals surface area contributed by atoms with Crippen molar-refractivity contribution in [3.05, 3.63) is 106 Å². The highest BCUT2D eigenvalue weighted by atomic mass is 35.5. The fraction of sp³-hybridized carbons (Fsp3) is 0.485. The van der Waals surface area contributed by atoms with Crippen LogP contribution in [0.15, 0.2) is 78.9 Å². The number of nitrogens with one attached hydrogen (secondary N) is 4. The van der Waals surface area contributed by atoms with Crippen LogP contribution in [0, 0.1) is 23.7 Å². The zero-order chi connectivity index (χ0) is 66.9. The number of halogens is 1. The third-order valence-corrected chi connectivity index (χ3v) is 13.6. The molecule has 1 aliphatic heterocycles. The minimum absolute atomic E-state index is 0.00435. The van der Waals surface area contributed by atoms with Gasteiger partial charge in [-0.2, -0.15) is 0 Å². The molecule has 90 heavy (non-hydrogen) atoms. The molecule has 0 fully saturated rings. The lowest BCUT2D eigenvalue weighted by atomic mass is 9.87. The van der Waals surface area contributed by atoms with Crippen molar-refractivity contribution in [3.63, 3.8) is 0 Å². The predicted molar refractivity (Wildman–Crippen MR) is 339 cm³/mol. The van der Waals surface area contributed by atoms with E-state index in [1.54, 1.807) is 138 Å². The van der Waals surface area contributed by atoms with Gasteiger partial charge < -0.3 is 59.3 Å². The number of esters is 1. The van der Waals surface area contributed by atoms with Crippen molar-refractivity contribution in [2.24, 2.45) is 11.8 Å². The number of unbranched alkanes of at least 4 members (excludes halogenated alkanes) is 1. The van der Waals surface area contributed by atoms with E-state index in [2.05, 4.69) is 33.1 Å². The number of hydrogen-bond acceptors (Lipinski definition) is 16. The van der Waals surface area contributed by atoms with Gasteiger partial charge in [0.2, 0.25) is 11.8 Å². The summed E-state index contributed by atoms with van der Waals surface area (Å²) < 4.78 is 39.6. The van der Waals surface area contributed by atoms with Crippen molar-refractivity contribution in [3.8, 4) is 45.6 Å². The molecule has 0 spiro atoms. The van der Waals surface area contributed by atoms with Crippen LogP contribution >= 0.6 is 11.6 Å². The molecule has 0 aliphatic carbocycles. The van der Waals surface area contributed by atoms with Crippen LogP contribution in [0.3, 0.4) is 0 Å². The largest absolute Gasteiger partial charge is 0.514 e. The number of hydrogen-bond donors (Lipinski definition) is 4. The molecule has 5 rings (SSSR count). The quantitative estimate of drug-likeness (QED) is 0.0180. The highest BCUT2D eigenvalue weighted by Gasteiger charge is 2.37. The molecule has 5 amide bonds. The lowest BCUT2D eigenvalue weighted by Gasteiger charge is -2.32. The highest BCUT2D eigenvalue weighted by Crippen LogP contribution is 2.43. The molecule has 0 unspecified atom stereocenters. The van der Waals surface area contributed by atoms with E-state index in [9.17, 15) is 33.6 Å². The van der Waals surface area contributed by atoms with Gasteiger partial charge in [-0.1, -0.05) is 79.3 Å². The minimum Gasteiger partial charge on any atom is -0.490 e. The van der Waals surface area contributed by atoms with E-state index in [1.165, 1.54) is 31.0 Å². The van der Waals surface area contributed by atoms with Crippen LogP contribution in [-0.4, -0.2) is 128 Å². The molecule has 4 aromatic rings. The van der Waals surface area contributed by atoms with Gasteiger partial charge in [-0.05, 0) is 155 Å². The van der Waals surface area contributed by atoms with Gasteiger partial charge in [0.1, 0.15) is 52.6 Å². The Morgan fingerprint density at radius 1 is 0.689 bits per heavy atom. The molecule has 0 saturated carbocycles. The van der Waals surface area contributed by atoms with E-state index in [0.717, 1.165) is 18.2 Å². The van der Waals surface area contributed by atoms with Gasteiger partial charge in [-0.3, -0.25) is 19.2 Å². The molecule has 1 aliphatic rings. The van der Waals surface area contributed by atoms with Crippen LogP contribution in [-0.2, 0) is 49.3 Å². The van der Waals surface area contributed by atoms with E-state index < -0.39 is 101 Å². The molecule has 4 bridgehead atoms. The third kappa shape index (κ3) is 23.4. The number of methoxy groups -OCH3 is 1. The molecule has 0 saturated heterocycles. The molecular weight excluding hydrogens is 1180 g/mol. The molecule has 486 valence electrons. The van der Waals surface area contributed by atoms with Gasteiger partial charge in [0.05, 0.1) is 25.8 Å². The van der Waals surface area contributed by atoms with E-state index in [1.807, 2.05) is 12.1 Å². The van der Waals surface area contributed by atoms with E-state index in [4.69, 9.17) is 44.8 Å². The molecule has 4 aromatic carbocycles. The fourth-order valence-electron chi connectivity index (χ4n) is 9.41. The van der Waals surface area contributed by atoms with Crippen molar-refractivity contribution < 1.29 is 76.3 Å². The van der Waals surface area contributed by atoms with Crippen LogP contribution < -0.4 is 30.7 Å². The second-order valence-corrected chi connectivity index (χ2v) is 26.3. The average Bonchev–Trinajstić information content (AvgIpc) is 0.832. The first-order valence-electron chi connectivity index (χ1n) is 29.8. The Morgan fingerprint density at radius 3 is 1.83 bits per heavy atom. The fourth-order valence-corrected chi connectivity index (χ4v) is 9.54. The molecule has 21 nitrogen and oxygen atoms in total. The zero-order valence-electron chi connectivity index (χ0n) is 54.2. The number of rotatable bonds is 18. The summed E-state index contributed by atoms with van der Waals surface area (Å²) in [4.78, 5) is 127. The number of fused-ring (bicyclic) bond motifs is 5. The number of alkyl carbamates (subject to hydrolysis) is 3. The number of nitrogens with zero attached hydrogens (tertiary/aromatic N) is 1. The van der Waals surface area contributed by atoms with Gasteiger partial charge in [0.25, 0.3) is 0 Å². The molecular formula is C68H86ClN5O16. The van der Waals surface area contributed by atoms with Crippen LogP contribution in [0.2, 0.25) is 5.02 Å². The van der Waals surface area contributed by atoms with E-state index in [0.29, 0.717) is 29.0 Å². The van der Waals surface area contributed by atoms with Crippen molar-refractivity contribution >= 4 is 65.4 Å². The molecule has 22 heteroatoms. The Bertz CT molecular complexity index is 3310. The molecule has 4 atom stereocenters. The molecule has 4 N–H and O–H groups in total. The third-order valence-electron chi connectivity index (χ3n) is 13.4. The number of Topliss-reactive ketones (excluding diaryl/α,β-unsaturated/α-hetero) is 2. The van der Waals surface area contributed by atoms with Gasteiger partial charge in [-0.25, -0.2) is 24.0 Å². The number of carbonyl (C=O) groups is 9. The summed E-state index contributed by atoms with van der Waals surface area (Å²) in [6, 6.07) is 18.9. The smallest absolute Gasteiger partial charge is 0.490 e. The normalized spacial score (nSPS) is 15.6. The summed E-state index contributed by atoms with van der Waals surface area (Å²) in [6.45, 7) is 21.4. The molecule has 0 radical (unpaired) electrons. The summed E-state index contributed by atoms with van der Waals surface area (Å²) in [5.41, 5.74) is -0.654. The zero-order valence-corrected chi connectivity index (χ0v) is 55.0. The predicted octanol–water partition coefficient (Wildman–Crippen LogP) is 11.7. The van der Waals surface area contributed by atoms with E-state index in [-0.39, 0.29) is 85.0 Å². The Balaban J connectivity index is 1.78. The van der Waals surface area contributed by atoms with Crippen LogP contribution in [0.4, 0.5) is 19.2 Å². The van der Waals surface area contributed by atoms with Crippen molar-refractivity contribution in [1.29, 1.82) is 0 Å². The van der Waals surface area contributed by atoms with Crippen LogP contribution in [0.5, 0.6) is 11.5 Å². The second-order valence-electron chi connectivity index (χ2n) is 25.8. The van der Waals surface area contributed by atoms with Crippen molar-refractivity contribution in [2.75, 3.05) is 40.4 Å². The first kappa shape index (κ1) is 72.1. The Hall–Kier alpha value is -8.64. The maximum atomic E-state index is 15.7. The lowest BCUT2D eigenvalue weighted by Crippen LogP contribution is -2.46. The number of carbonyl (C=O) groups excluding carboxylic acids is 9. The summed E-state index contributed by atoms with van der Waals surface area (Å²) in [5.74, 6) is 0.540. The second kappa shape index (κ2) is 31.7. The number of amides is 5. The first-order chi connectivity index (χ1) is 42.0. The van der Waals surface area contributed by atoms with Gasteiger partial charge in [-0.15, -0.1) is 0 Å². The number of benzene rings is 4. The maximum absolute atomic E-state index is 15.7. The number of ketones is 2. The van der Waals surface area contributed by atoms with Crippen molar-refractivity contribution in [2.45, 2.75) is 163 Å². The average molecular weight is 1260 g/mol. The summed E-state index contributed by atoms with van der Waals surface area (Å²) in [6.07, 6.45) is -3.41. The van der Waals surface area contributed by atoms with Crippen LogP contribution in [0.25, 0.3) is 22.3 Å². The molecule has 1 heterocycles. The Kier molecular flexibility index (Phi) is 25.4. The van der Waals surface area contributed by atoms with Gasteiger partial charge >= 0.3 is 30.4 Å². The van der Waals surface area contributed by atoms with Crippen LogP contribution in [0.1, 0.15) is 155 Å². The first-order valence-corrected chi connectivity index (χ1v) is 30.2. The number of ether oxygens (including phenoxy) is 7. The Labute approximate surface area is 532 Å². The topological polar surface area (TPSA) is 270 Å². The summed E-state index contributed by atoms with van der Waals surface area (Å²) >= 11 is 6.16. The standard InChI is InChI=1S/C68H86ClN5O16/c1-41-35-54(76)56(74(14)59(78)47(19-16-17-31-70-61(80)87-65(2,3)4)40-53(75)45-24-22-43(23-25-45)44-26-28-49(69)29-27-44)48-38-46(20-18-32-71-62(81)88-66(5,6)7)57(85-34-33-72-63(82)89-67(8,9)10)51(39-48)50-36-42(37-52(60(79)84-15)73-58(41)77)21-30-55(50)86-64(83)90-68(11,12)13/h21-30,36,38-39,41,47,52,56H,16-17,19,31-35,37,40H2,1-15H3,(H,70,80)(H,71,81)(H,72,82)(H,73,77)/t41-,47-,52+,56+/m1/s1. The summed E-state index contributed by atoms with van der Waals surface area (Å²) in [5, 5.41) is 11.3. The Morgan fingerprint density at radius 2 is 1.26 bits per heavy atom.